The molecule has 3 rings (SSSR count). The SMILES string of the molecule is O=C(CSC1CCCCC1)Nc1cc(S(=O)(=O)N2CCCC2)ccc1Cl. The molecule has 1 aliphatic carbocycles. The molecular formula is C18H25ClN2O3S2. The van der Waals surface area contributed by atoms with Crippen molar-refractivity contribution in [3.63, 3.8) is 0 Å². The molecule has 1 saturated heterocycles. The summed E-state index contributed by atoms with van der Waals surface area (Å²) in [5.41, 5.74) is 0.362. The van der Waals surface area contributed by atoms with Crippen LogP contribution in [0.1, 0.15) is 44.9 Å². The van der Waals surface area contributed by atoms with Crippen LogP contribution < -0.4 is 5.32 Å². The first-order chi connectivity index (χ1) is 12.5. The summed E-state index contributed by atoms with van der Waals surface area (Å²) in [7, 11) is -3.52. The molecule has 0 spiro atoms. The summed E-state index contributed by atoms with van der Waals surface area (Å²) in [6.45, 7) is 1.09. The lowest BCUT2D eigenvalue weighted by Crippen LogP contribution is -2.28. The zero-order chi connectivity index (χ0) is 18.6. The first kappa shape index (κ1) is 20.0. The van der Waals surface area contributed by atoms with Crippen LogP contribution in [0.25, 0.3) is 0 Å². The third-order valence-corrected chi connectivity index (χ3v) is 8.51. The molecule has 0 aromatic heterocycles. The lowest BCUT2D eigenvalue weighted by Gasteiger charge is -2.20. The number of amides is 1. The highest BCUT2D eigenvalue weighted by atomic mass is 35.5. The Morgan fingerprint density at radius 3 is 2.54 bits per heavy atom. The van der Waals surface area contributed by atoms with Crippen molar-refractivity contribution < 1.29 is 13.2 Å². The number of carbonyl (C=O) groups is 1. The highest BCUT2D eigenvalue weighted by Crippen LogP contribution is 2.30. The number of sulfonamides is 1. The van der Waals surface area contributed by atoms with Gasteiger partial charge in [0.2, 0.25) is 15.9 Å². The van der Waals surface area contributed by atoms with Crippen molar-refractivity contribution in [3.8, 4) is 0 Å². The highest BCUT2D eigenvalue weighted by molar-refractivity contribution is 8.00. The van der Waals surface area contributed by atoms with Crippen LogP contribution in [0.2, 0.25) is 5.02 Å². The van der Waals surface area contributed by atoms with Crippen molar-refractivity contribution >= 4 is 45.0 Å². The number of carbonyl (C=O) groups excluding carboxylic acids is 1. The third kappa shape index (κ3) is 4.94. The van der Waals surface area contributed by atoms with Crippen LogP contribution in [-0.4, -0.2) is 42.7 Å². The summed E-state index contributed by atoms with van der Waals surface area (Å²) in [5.74, 6) is 0.225. The van der Waals surface area contributed by atoms with E-state index in [1.54, 1.807) is 11.8 Å². The van der Waals surface area contributed by atoms with E-state index in [1.807, 2.05) is 0 Å². The minimum atomic E-state index is -3.52. The number of halogens is 1. The van der Waals surface area contributed by atoms with Crippen LogP contribution in [0.4, 0.5) is 5.69 Å². The lowest BCUT2D eigenvalue weighted by molar-refractivity contribution is -0.113. The third-order valence-electron chi connectivity index (χ3n) is 4.92. The average Bonchev–Trinajstić information content (AvgIpc) is 3.18. The summed E-state index contributed by atoms with van der Waals surface area (Å²) in [5, 5.41) is 3.67. The molecule has 1 amide bonds. The van der Waals surface area contributed by atoms with Gasteiger partial charge in [-0.3, -0.25) is 4.79 Å². The van der Waals surface area contributed by atoms with Gasteiger partial charge in [0.25, 0.3) is 0 Å². The average molecular weight is 417 g/mol. The number of rotatable bonds is 6. The van der Waals surface area contributed by atoms with Gasteiger partial charge in [-0.25, -0.2) is 8.42 Å². The van der Waals surface area contributed by atoms with Crippen LogP contribution in [0.15, 0.2) is 23.1 Å². The first-order valence-electron chi connectivity index (χ1n) is 9.18. The molecule has 8 heteroatoms. The Labute approximate surface area is 164 Å². The molecule has 26 heavy (non-hydrogen) atoms. The van der Waals surface area contributed by atoms with Gasteiger partial charge in [-0.15, -0.1) is 11.8 Å². The van der Waals surface area contributed by atoms with Gasteiger partial charge in [0.1, 0.15) is 0 Å². The quantitative estimate of drug-likeness (QED) is 0.757. The number of hydrogen-bond acceptors (Lipinski definition) is 4. The van der Waals surface area contributed by atoms with Crippen LogP contribution in [-0.2, 0) is 14.8 Å². The predicted molar refractivity (Wildman–Crippen MR) is 107 cm³/mol. The van der Waals surface area contributed by atoms with Gasteiger partial charge in [0.05, 0.1) is 21.4 Å². The number of anilines is 1. The Morgan fingerprint density at radius 1 is 1.15 bits per heavy atom. The van der Waals surface area contributed by atoms with E-state index >= 15 is 0 Å². The lowest BCUT2D eigenvalue weighted by atomic mass is 10.0. The minimum Gasteiger partial charge on any atom is -0.324 e. The van der Waals surface area contributed by atoms with Gasteiger partial charge in [0, 0.05) is 18.3 Å². The standard InChI is InChI=1S/C18H25ClN2O3S2/c19-16-9-8-15(26(23,24)21-10-4-5-11-21)12-17(16)20-18(22)13-25-14-6-2-1-3-7-14/h8-9,12,14H,1-7,10-11,13H2,(H,20,22). The summed E-state index contributed by atoms with van der Waals surface area (Å²) in [6.07, 6.45) is 7.87. The van der Waals surface area contributed by atoms with E-state index in [9.17, 15) is 13.2 Å². The molecule has 2 fully saturated rings. The maximum atomic E-state index is 12.7. The maximum absolute atomic E-state index is 12.7. The number of thioether (sulfide) groups is 1. The Bertz CT molecular complexity index is 743. The molecule has 0 atom stereocenters. The fourth-order valence-corrected chi connectivity index (χ4v) is 6.28. The summed E-state index contributed by atoms with van der Waals surface area (Å²) < 4.78 is 26.9. The zero-order valence-electron chi connectivity index (χ0n) is 14.7. The van der Waals surface area contributed by atoms with Gasteiger partial charge in [0.15, 0.2) is 0 Å². The van der Waals surface area contributed by atoms with Gasteiger partial charge in [-0.2, -0.15) is 4.31 Å². The molecule has 1 heterocycles. The minimum absolute atomic E-state index is 0.141. The second-order valence-electron chi connectivity index (χ2n) is 6.87. The van der Waals surface area contributed by atoms with E-state index in [4.69, 9.17) is 11.6 Å². The van der Waals surface area contributed by atoms with Crippen molar-refractivity contribution in [3.05, 3.63) is 23.2 Å². The molecular weight excluding hydrogens is 392 g/mol. The normalized spacial score (nSPS) is 19.6. The second kappa shape index (κ2) is 8.95. The molecule has 1 aromatic carbocycles. The maximum Gasteiger partial charge on any atom is 0.243 e. The van der Waals surface area contributed by atoms with Crippen LogP contribution in [0.3, 0.4) is 0 Å². The summed E-state index contributed by atoms with van der Waals surface area (Å²) in [6, 6.07) is 4.51. The monoisotopic (exact) mass is 416 g/mol. The second-order valence-corrected chi connectivity index (χ2v) is 10.5. The van der Waals surface area contributed by atoms with E-state index in [2.05, 4.69) is 5.32 Å². The topological polar surface area (TPSA) is 66.5 Å². The highest BCUT2D eigenvalue weighted by Gasteiger charge is 2.27. The van der Waals surface area contributed by atoms with E-state index in [0.717, 1.165) is 12.8 Å². The van der Waals surface area contributed by atoms with Crippen LogP contribution in [0.5, 0.6) is 0 Å². The summed E-state index contributed by atoms with van der Waals surface area (Å²) >= 11 is 7.85. The van der Waals surface area contributed by atoms with Gasteiger partial charge in [-0.05, 0) is 43.9 Å². The Kier molecular flexibility index (Phi) is 6.88. The van der Waals surface area contributed by atoms with Crippen molar-refractivity contribution in [2.75, 3.05) is 24.2 Å². The Balaban J connectivity index is 1.64. The molecule has 2 aliphatic rings. The smallest absolute Gasteiger partial charge is 0.243 e. The molecule has 144 valence electrons. The molecule has 0 bridgehead atoms. The molecule has 1 aliphatic heterocycles. The van der Waals surface area contributed by atoms with E-state index < -0.39 is 10.0 Å². The van der Waals surface area contributed by atoms with Crippen molar-refractivity contribution in [2.24, 2.45) is 0 Å². The van der Waals surface area contributed by atoms with Crippen LogP contribution >= 0.6 is 23.4 Å². The van der Waals surface area contributed by atoms with Gasteiger partial charge < -0.3 is 5.32 Å². The molecule has 5 nitrogen and oxygen atoms in total. The molecule has 0 unspecified atom stereocenters. The van der Waals surface area contributed by atoms with Crippen molar-refractivity contribution in [1.82, 2.24) is 4.31 Å². The fraction of sp³-hybridized carbons (Fsp3) is 0.611. The number of hydrogen-bond donors (Lipinski definition) is 1. The van der Waals surface area contributed by atoms with Gasteiger partial charge in [-0.1, -0.05) is 30.9 Å². The largest absolute Gasteiger partial charge is 0.324 e. The molecule has 1 aromatic rings. The van der Waals surface area contributed by atoms with Crippen molar-refractivity contribution in [2.45, 2.75) is 55.1 Å². The summed E-state index contributed by atoms with van der Waals surface area (Å²) in [4.78, 5) is 12.5. The molecule has 0 radical (unpaired) electrons. The van der Waals surface area contributed by atoms with E-state index in [-0.39, 0.29) is 10.8 Å². The van der Waals surface area contributed by atoms with Gasteiger partial charge >= 0.3 is 0 Å². The van der Waals surface area contributed by atoms with Crippen molar-refractivity contribution in [1.29, 1.82) is 0 Å². The zero-order valence-corrected chi connectivity index (χ0v) is 17.1. The number of nitrogens with one attached hydrogen (secondary N) is 1. The molecule has 1 saturated carbocycles. The molecule has 1 N–H and O–H groups in total. The van der Waals surface area contributed by atoms with E-state index in [1.165, 1.54) is 54.6 Å². The van der Waals surface area contributed by atoms with E-state index in [0.29, 0.717) is 34.8 Å². The Morgan fingerprint density at radius 2 is 1.85 bits per heavy atom. The van der Waals surface area contributed by atoms with Crippen LogP contribution in [0, 0.1) is 0 Å². The number of nitrogens with zero attached hydrogens (tertiary/aromatic N) is 1. The predicted octanol–water partition coefficient (Wildman–Crippen LogP) is 4.13. The Hall–Kier alpha value is -0.760. The first-order valence-corrected chi connectivity index (χ1v) is 12.0. The number of benzene rings is 1. The fourth-order valence-electron chi connectivity index (χ4n) is 3.45.